The molecule has 3 rings (SSSR count). The Morgan fingerprint density at radius 1 is 1.24 bits per heavy atom. The molecule has 1 amide bonds. The maximum atomic E-state index is 12.2. The summed E-state index contributed by atoms with van der Waals surface area (Å²) in [5, 5.41) is 2.16. The first kappa shape index (κ1) is 10.3. The van der Waals surface area contributed by atoms with Crippen molar-refractivity contribution in [2.45, 2.75) is 13.5 Å². The Balaban J connectivity index is 2.42. The summed E-state index contributed by atoms with van der Waals surface area (Å²) >= 11 is 0. The zero-order valence-corrected chi connectivity index (χ0v) is 9.73. The van der Waals surface area contributed by atoms with Crippen LogP contribution in [0.25, 0.3) is 10.8 Å². The molecule has 86 valence electrons. The number of hydrogen-bond donors (Lipinski definition) is 1. The minimum Gasteiger partial charge on any atom is -0.326 e. The lowest BCUT2D eigenvalue weighted by molar-refractivity contribution is 0.0994. The van der Waals surface area contributed by atoms with Crippen molar-refractivity contribution in [2.24, 2.45) is 5.73 Å². The first-order chi connectivity index (χ1) is 8.27. The van der Waals surface area contributed by atoms with Crippen molar-refractivity contribution in [3.63, 3.8) is 0 Å². The molecule has 3 heteroatoms. The maximum Gasteiger partial charge on any atom is 0.258 e. The van der Waals surface area contributed by atoms with Crippen LogP contribution in [-0.4, -0.2) is 12.5 Å². The highest BCUT2D eigenvalue weighted by Crippen LogP contribution is 2.38. The molecule has 1 aliphatic heterocycles. The van der Waals surface area contributed by atoms with Gasteiger partial charge in [-0.15, -0.1) is 0 Å². The van der Waals surface area contributed by atoms with Crippen molar-refractivity contribution in [1.29, 1.82) is 0 Å². The van der Waals surface area contributed by atoms with E-state index in [4.69, 9.17) is 5.73 Å². The third kappa shape index (κ3) is 1.23. The van der Waals surface area contributed by atoms with Crippen LogP contribution in [0.5, 0.6) is 0 Å². The minimum absolute atomic E-state index is 0.0993. The number of amides is 1. The molecule has 17 heavy (non-hydrogen) atoms. The topological polar surface area (TPSA) is 46.3 Å². The van der Waals surface area contributed by atoms with Gasteiger partial charge in [0.15, 0.2) is 0 Å². The van der Waals surface area contributed by atoms with Crippen LogP contribution in [0, 0.1) is 0 Å². The summed E-state index contributed by atoms with van der Waals surface area (Å²) in [5.74, 6) is 0.0993. The molecular weight excluding hydrogens is 212 g/mol. The zero-order valence-electron chi connectivity index (χ0n) is 9.73. The van der Waals surface area contributed by atoms with Crippen LogP contribution in [0.15, 0.2) is 30.3 Å². The van der Waals surface area contributed by atoms with Gasteiger partial charge in [0.05, 0.1) is 5.69 Å². The van der Waals surface area contributed by atoms with E-state index in [-0.39, 0.29) is 5.91 Å². The number of carbonyl (C=O) groups excluding carboxylic acids is 1. The number of nitrogens with zero attached hydrogens (tertiary/aromatic N) is 1. The van der Waals surface area contributed by atoms with Crippen LogP contribution >= 0.6 is 0 Å². The Bertz CT molecular complexity index is 619. The van der Waals surface area contributed by atoms with Crippen LogP contribution in [-0.2, 0) is 6.54 Å². The van der Waals surface area contributed by atoms with Crippen molar-refractivity contribution in [1.82, 2.24) is 0 Å². The Morgan fingerprint density at radius 3 is 2.76 bits per heavy atom. The SMILES string of the molecule is CCN1C(=O)c2cccc3c(CN)ccc1c23. The fourth-order valence-corrected chi connectivity index (χ4v) is 2.60. The van der Waals surface area contributed by atoms with E-state index in [1.54, 1.807) is 0 Å². The van der Waals surface area contributed by atoms with Crippen molar-refractivity contribution in [3.05, 3.63) is 41.5 Å². The molecule has 0 aliphatic carbocycles. The van der Waals surface area contributed by atoms with E-state index in [2.05, 4.69) is 0 Å². The number of carbonyl (C=O) groups is 1. The van der Waals surface area contributed by atoms with Gasteiger partial charge in [0.2, 0.25) is 0 Å². The second-order valence-electron chi connectivity index (χ2n) is 4.23. The Kier molecular flexibility index (Phi) is 2.16. The van der Waals surface area contributed by atoms with Gasteiger partial charge in [0, 0.05) is 24.0 Å². The van der Waals surface area contributed by atoms with Crippen LogP contribution < -0.4 is 10.6 Å². The van der Waals surface area contributed by atoms with Gasteiger partial charge in [-0.2, -0.15) is 0 Å². The number of rotatable bonds is 2. The molecule has 2 N–H and O–H groups in total. The smallest absolute Gasteiger partial charge is 0.258 e. The summed E-state index contributed by atoms with van der Waals surface area (Å²) in [6, 6.07) is 9.88. The monoisotopic (exact) mass is 226 g/mol. The predicted molar refractivity (Wildman–Crippen MR) is 69.2 cm³/mol. The summed E-state index contributed by atoms with van der Waals surface area (Å²) in [6.07, 6.45) is 0. The first-order valence-electron chi connectivity index (χ1n) is 5.84. The minimum atomic E-state index is 0.0993. The molecule has 0 fully saturated rings. The molecule has 0 atom stereocenters. The average Bonchev–Trinajstić information content (AvgIpc) is 2.65. The summed E-state index contributed by atoms with van der Waals surface area (Å²) in [7, 11) is 0. The van der Waals surface area contributed by atoms with Crippen molar-refractivity contribution < 1.29 is 4.79 Å². The third-order valence-corrected chi connectivity index (χ3v) is 3.41. The summed E-state index contributed by atoms with van der Waals surface area (Å²) in [4.78, 5) is 14.0. The van der Waals surface area contributed by atoms with Crippen LogP contribution in [0.3, 0.4) is 0 Å². The van der Waals surface area contributed by atoms with E-state index in [0.29, 0.717) is 13.1 Å². The summed E-state index contributed by atoms with van der Waals surface area (Å²) in [5.41, 5.74) is 8.65. The summed E-state index contributed by atoms with van der Waals surface area (Å²) < 4.78 is 0. The standard InChI is InChI=1S/C14H14N2O/c1-2-16-12-7-6-9(8-15)10-4-3-5-11(13(10)12)14(16)17/h3-7H,2,8,15H2,1H3. The highest BCUT2D eigenvalue weighted by Gasteiger charge is 2.28. The predicted octanol–water partition coefficient (Wildman–Crippen LogP) is 2.28. The lowest BCUT2D eigenvalue weighted by Crippen LogP contribution is -2.25. The molecule has 0 saturated heterocycles. The molecule has 0 bridgehead atoms. The zero-order chi connectivity index (χ0) is 12.0. The van der Waals surface area contributed by atoms with Gasteiger partial charge in [0.25, 0.3) is 5.91 Å². The Labute approximate surface area is 99.8 Å². The first-order valence-corrected chi connectivity index (χ1v) is 5.84. The van der Waals surface area contributed by atoms with Gasteiger partial charge in [-0.25, -0.2) is 0 Å². The van der Waals surface area contributed by atoms with E-state index in [1.165, 1.54) is 0 Å². The lowest BCUT2D eigenvalue weighted by Gasteiger charge is -2.15. The molecule has 0 radical (unpaired) electrons. The van der Waals surface area contributed by atoms with Crippen molar-refractivity contribution in [3.8, 4) is 0 Å². The van der Waals surface area contributed by atoms with Crippen LogP contribution in [0.4, 0.5) is 5.69 Å². The second-order valence-corrected chi connectivity index (χ2v) is 4.23. The molecule has 0 unspecified atom stereocenters. The second kappa shape index (κ2) is 3.57. The molecule has 1 heterocycles. The molecule has 0 saturated carbocycles. The number of nitrogens with two attached hydrogens (primary N) is 1. The van der Waals surface area contributed by atoms with Crippen LogP contribution in [0.1, 0.15) is 22.8 Å². The highest BCUT2D eigenvalue weighted by molar-refractivity contribution is 6.25. The molecule has 2 aromatic carbocycles. The number of benzene rings is 2. The van der Waals surface area contributed by atoms with Gasteiger partial charge in [-0.05, 0) is 30.0 Å². The van der Waals surface area contributed by atoms with Gasteiger partial charge in [-0.3, -0.25) is 4.79 Å². The van der Waals surface area contributed by atoms with Crippen molar-refractivity contribution in [2.75, 3.05) is 11.4 Å². The van der Waals surface area contributed by atoms with E-state index in [0.717, 1.165) is 27.6 Å². The fraction of sp³-hybridized carbons (Fsp3) is 0.214. The number of anilines is 1. The normalized spacial score (nSPS) is 13.8. The Hall–Kier alpha value is -1.87. The molecule has 1 aliphatic rings. The van der Waals surface area contributed by atoms with Gasteiger partial charge >= 0.3 is 0 Å². The molecule has 0 spiro atoms. The van der Waals surface area contributed by atoms with E-state index in [1.807, 2.05) is 42.2 Å². The summed E-state index contributed by atoms with van der Waals surface area (Å²) in [6.45, 7) is 3.19. The quantitative estimate of drug-likeness (QED) is 0.853. The van der Waals surface area contributed by atoms with E-state index >= 15 is 0 Å². The van der Waals surface area contributed by atoms with Crippen LogP contribution in [0.2, 0.25) is 0 Å². The van der Waals surface area contributed by atoms with Crippen molar-refractivity contribution >= 4 is 22.4 Å². The molecule has 2 aromatic rings. The third-order valence-electron chi connectivity index (χ3n) is 3.41. The van der Waals surface area contributed by atoms with Gasteiger partial charge in [0.1, 0.15) is 0 Å². The molecule has 0 aromatic heterocycles. The average molecular weight is 226 g/mol. The fourth-order valence-electron chi connectivity index (χ4n) is 2.60. The number of hydrogen-bond acceptors (Lipinski definition) is 2. The van der Waals surface area contributed by atoms with Gasteiger partial charge in [-0.1, -0.05) is 18.2 Å². The highest BCUT2D eigenvalue weighted by atomic mass is 16.2. The van der Waals surface area contributed by atoms with Gasteiger partial charge < -0.3 is 10.6 Å². The largest absolute Gasteiger partial charge is 0.326 e. The molecular formula is C14H14N2O. The van der Waals surface area contributed by atoms with E-state index < -0.39 is 0 Å². The maximum absolute atomic E-state index is 12.2. The lowest BCUT2D eigenvalue weighted by atomic mass is 10.0. The van der Waals surface area contributed by atoms with E-state index in [9.17, 15) is 4.79 Å². The Morgan fingerprint density at radius 2 is 2.06 bits per heavy atom. The molecule has 3 nitrogen and oxygen atoms in total.